The first-order valence-corrected chi connectivity index (χ1v) is 10.8. The molecule has 9 heteroatoms. The van der Waals surface area contributed by atoms with E-state index in [1.165, 1.54) is 11.1 Å². The molecular weight excluding hydrogens is 392 g/mol. The van der Waals surface area contributed by atoms with Gasteiger partial charge in [0.2, 0.25) is 5.91 Å². The number of tetrazole rings is 1. The molecule has 0 spiro atoms. The van der Waals surface area contributed by atoms with E-state index in [0.29, 0.717) is 32.4 Å². The second kappa shape index (κ2) is 10.2. The van der Waals surface area contributed by atoms with Gasteiger partial charge in [0.25, 0.3) is 0 Å². The van der Waals surface area contributed by atoms with Gasteiger partial charge in [0.15, 0.2) is 5.82 Å². The molecule has 0 saturated carbocycles. The SMILES string of the molecule is CC(Cc1cnccn1)NC(=O)CCCn1nnnc1CN1CCc2ccccc2C1. The lowest BCUT2D eigenvalue weighted by atomic mass is 10.00. The van der Waals surface area contributed by atoms with Gasteiger partial charge in [0.05, 0.1) is 12.2 Å². The number of nitrogens with zero attached hydrogens (tertiary/aromatic N) is 7. The molecule has 1 aromatic carbocycles. The van der Waals surface area contributed by atoms with Crippen LogP contribution in [0.5, 0.6) is 0 Å². The molecule has 0 saturated heterocycles. The highest BCUT2D eigenvalue weighted by Gasteiger charge is 2.18. The third-order valence-corrected chi connectivity index (χ3v) is 5.49. The number of hydrogen-bond acceptors (Lipinski definition) is 7. The molecule has 0 aliphatic carbocycles. The smallest absolute Gasteiger partial charge is 0.220 e. The molecule has 1 aliphatic rings. The monoisotopic (exact) mass is 420 g/mol. The Morgan fingerprint density at radius 1 is 1.23 bits per heavy atom. The van der Waals surface area contributed by atoms with E-state index in [-0.39, 0.29) is 11.9 Å². The van der Waals surface area contributed by atoms with Gasteiger partial charge >= 0.3 is 0 Å². The lowest BCUT2D eigenvalue weighted by molar-refractivity contribution is -0.121. The van der Waals surface area contributed by atoms with Crippen LogP contribution in [0.3, 0.4) is 0 Å². The van der Waals surface area contributed by atoms with E-state index in [1.807, 2.05) is 11.6 Å². The first-order chi connectivity index (χ1) is 15.2. The zero-order valence-electron chi connectivity index (χ0n) is 17.8. The Bertz CT molecular complexity index is 990. The lowest BCUT2D eigenvalue weighted by Crippen LogP contribution is -2.34. The van der Waals surface area contributed by atoms with Crippen LogP contribution in [0.1, 0.15) is 42.4 Å². The second-order valence-electron chi connectivity index (χ2n) is 8.02. The van der Waals surface area contributed by atoms with Crippen molar-refractivity contribution in [2.75, 3.05) is 6.54 Å². The Hall–Kier alpha value is -3.20. The minimum Gasteiger partial charge on any atom is -0.353 e. The quantitative estimate of drug-likeness (QED) is 0.560. The summed E-state index contributed by atoms with van der Waals surface area (Å²) in [5.74, 6) is 0.870. The topological polar surface area (TPSA) is 102 Å². The van der Waals surface area contributed by atoms with Gasteiger partial charge in [0.1, 0.15) is 0 Å². The summed E-state index contributed by atoms with van der Waals surface area (Å²) in [5, 5.41) is 15.2. The molecule has 3 aromatic rings. The number of hydrogen-bond donors (Lipinski definition) is 1. The number of fused-ring (bicyclic) bond motifs is 1. The van der Waals surface area contributed by atoms with Gasteiger partial charge in [-0.1, -0.05) is 24.3 Å². The van der Waals surface area contributed by atoms with Gasteiger partial charge in [-0.2, -0.15) is 0 Å². The van der Waals surface area contributed by atoms with Crippen LogP contribution in [0.15, 0.2) is 42.9 Å². The van der Waals surface area contributed by atoms with Gasteiger partial charge in [-0.05, 0) is 41.3 Å². The van der Waals surface area contributed by atoms with E-state index < -0.39 is 0 Å². The van der Waals surface area contributed by atoms with Crippen LogP contribution >= 0.6 is 0 Å². The third kappa shape index (κ3) is 5.91. The molecule has 0 fully saturated rings. The summed E-state index contributed by atoms with van der Waals surface area (Å²) < 4.78 is 1.82. The normalized spacial score (nSPS) is 14.7. The van der Waals surface area contributed by atoms with Crippen LogP contribution in [0, 0.1) is 0 Å². The molecule has 162 valence electrons. The molecular formula is C22H28N8O. The third-order valence-electron chi connectivity index (χ3n) is 5.49. The van der Waals surface area contributed by atoms with E-state index in [9.17, 15) is 4.79 Å². The zero-order valence-corrected chi connectivity index (χ0v) is 17.8. The predicted octanol–water partition coefficient (Wildman–Crippen LogP) is 1.55. The Balaban J connectivity index is 1.21. The minimum atomic E-state index is 0.00905. The van der Waals surface area contributed by atoms with Crippen LogP contribution in [-0.4, -0.2) is 53.6 Å². The summed E-state index contributed by atoms with van der Waals surface area (Å²) in [5.41, 5.74) is 3.67. The second-order valence-corrected chi connectivity index (χ2v) is 8.02. The maximum atomic E-state index is 12.3. The molecule has 4 rings (SSSR count). The molecule has 1 amide bonds. The largest absolute Gasteiger partial charge is 0.353 e. The van der Waals surface area contributed by atoms with Crippen molar-refractivity contribution in [3.63, 3.8) is 0 Å². The Labute approximate surface area is 181 Å². The summed E-state index contributed by atoms with van der Waals surface area (Å²) in [6, 6.07) is 8.59. The molecule has 0 radical (unpaired) electrons. The van der Waals surface area contributed by atoms with E-state index in [4.69, 9.17) is 0 Å². The fraction of sp³-hybridized carbons (Fsp3) is 0.455. The molecule has 2 aromatic heterocycles. The standard InChI is InChI=1S/C22H28N8O/c1-17(13-20-14-23-9-10-24-20)25-22(31)7-4-11-30-21(26-27-28-30)16-29-12-8-18-5-2-3-6-19(18)15-29/h2-3,5-6,9-10,14,17H,4,7-8,11-13,15-16H2,1H3,(H,25,31). The average molecular weight is 421 g/mol. The molecule has 31 heavy (non-hydrogen) atoms. The first-order valence-electron chi connectivity index (χ1n) is 10.8. The van der Waals surface area contributed by atoms with Gasteiger partial charge in [-0.3, -0.25) is 19.7 Å². The van der Waals surface area contributed by atoms with Gasteiger partial charge in [-0.15, -0.1) is 5.10 Å². The molecule has 1 aliphatic heterocycles. The van der Waals surface area contributed by atoms with Gasteiger partial charge < -0.3 is 5.32 Å². The molecule has 1 N–H and O–H groups in total. The van der Waals surface area contributed by atoms with E-state index in [2.05, 4.69) is 60.0 Å². The van der Waals surface area contributed by atoms with Crippen molar-refractivity contribution in [3.05, 3.63) is 65.5 Å². The van der Waals surface area contributed by atoms with E-state index in [0.717, 1.165) is 31.0 Å². The van der Waals surface area contributed by atoms with Crippen LogP contribution in [0.25, 0.3) is 0 Å². The van der Waals surface area contributed by atoms with Crippen molar-refractivity contribution in [1.29, 1.82) is 0 Å². The lowest BCUT2D eigenvalue weighted by Gasteiger charge is -2.28. The fourth-order valence-electron chi connectivity index (χ4n) is 3.94. The summed E-state index contributed by atoms with van der Waals surface area (Å²) in [6.45, 7) is 5.22. The van der Waals surface area contributed by atoms with Crippen LogP contribution in [0.2, 0.25) is 0 Å². The number of aryl methyl sites for hydroxylation is 1. The number of amides is 1. The van der Waals surface area contributed by atoms with Crippen LogP contribution in [-0.2, 0) is 37.3 Å². The van der Waals surface area contributed by atoms with E-state index >= 15 is 0 Å². The van der Waals surface area contributed by atoms with Gasteiger partial charge in [0, 0.05) is 57.1 Å². The summed E-state index contributed by atoms with van der Waals surface area (Å²) in [6.07, 6.45) is 7.86. The number of nitrogens with one attached hydrogen (secondary N) is 1. The van der Waals surface area contributed by atoms with Crippen molar-refractivity contribution < 1.29 is 4.79 Å². The Kier molecular flexibility index (Phi) is 6.93. The summed E-state index contributed by atoms with van der Waals surface area (Å²) >= 11 is 0. The van der Waals surface area contributed by atoms with Crippen LogP contribution in [0.4, 0.5) is 0 Å². The number of benzene rings is 1. The van der Waals surface area contributed by atoms with Crippen molar-refractivity contribution in [3.8, 4) is 0 Å². The molecule has 0 bridgehead atoms. The zero-order chi connectivity index (χ0) is 21.5. The Morgan fingerprint density at radius 2 is 2.10 bits per heavy atom. The Morgan fingerprint density at radius 3 is 2.94 bits per heavy atom. The van der Waals surface area contributed by atoms with Crippen molar-refractivity contribution in [2.24, 2.45) is 0 Å². The van der Waals surface area contributed by atoms with Gasteiger partial charge in [-0.25, -0.2) is 4.68 Å². The predicted molar refractivity (Wildman–Crippen MR) is 115 cm³/mol. The summed E-state index contributed by atoms with van der Waals surface area (Å²) in [7, 11) is 0. The molecule has 9 nitrogen and oxygen atoms in total. The number of rotatable bonds is 9. The maximum Gasteiger partial charge on any atom is 0.220 e. The molecule has 3 heterocycles. The fourth-order valence-corrected chi connectivity index (χ4v) is 3.94. The number of carbonyl (C=O) groups is 1. The minimum absolute atomic E-state index is 0.00905. The van der Waals surface area contributed by atoms with E-state index in [1.54, 1.807) is 18.6 Å². The highest BCUT2D eigenvalue weighted by molar-refractivity contribution is 5.76. The highest BCUT2D eigenvalue weighted by Crippen LogP contribution is 2.19. The highest BCUT2D eigenvalue weighted by atomic mass is 16.1. The van der Waals surface area contributed by atoms with Crippen molar-refractivity contribution in [1.82, 2.24) is 40.4 Å². The average Bonchev–Trinajstić information content (AvgIpc) is 3.21. The molecule has 1 atom stereocenters. The molecule has 1 unspecified atom stereocenters. The number of carbonyl (C=O) groups excluding carboxylic acids is 1. The first kappa shape index (κ1) is 21.0. The number of aromatic nitrogens is 6. The van der Waals surface area contributed by atoms with Crippen molar-refractivity contribution >= 4 is 5.91 Å². The van der Waals surface area contributed by atoms with Crippen LogP contribution < -0.4 is 5.32 Å². The summed E-state index contributed by atoms with van der Waals surface area (Å²) in [4.78, 5) is 22.9. The maximum absolute atomic E-state index is 12.3. The van der Waals surface area contributed by atoms with Crippen molar-refractivity contribution in [2.45, 2.75) is 58.3 Å².